The first kappa shape index (κ1) is 21.9. The van der Waals surface area contributed by atoms with Crippen molar-refractivity contribution in [3.05, 3.63) is 68.4 Å². The van der Waals surface area contributed by atoms with E-state index in [1.165, 1.54) is 11.3 Å². The number of aromatic nitrogens is 2. The largest absolute Gasteiger partial charge is 0.456 e. The minimum Gasteiger partial charge on any atom is -0.456 e. The van der Waals surface area contributed by atoms with Gasteiger partial charge in [0.15, 0.2) is 11.7 Å². The van der Waals surface area contributed by atoms with Crippen molar-refractivity contribution in [3.63, 3.8) is 0 Å². The summed E-state index contributed by atoms with van der Waals surface area (Å²) >= 11 is 4.79. The number of nitrogens with one attached hydrogen (secondary N) is 1. The Morgan fingerprint density at radius 1 is 1.17 bits per heavy atom. The molecule has 0 unspecified atom stereocenters. The highest BCUT2D eigenvalue weighted by atomic mass is 79.9. The van der Waals surface area contributed by atoms with Crippen LogP contribution < -0.4 is 5.32 Å². The summed E-state index contributed by atoms with van der Waals surface area (Å²) in [5.41, 5.74) is 3.43. The third-order valence-electron chi connectivity index (χ3n) is 4.39. The average Bonchev–Trinajstić information content (AvgIpc) is 3.26. The zero-order valence-corrected chi connectivity index (χ0v) is 19.1. The Labute approximate surface area is 186 Å². The average molecular weight is 490 g/mol. The molecule has 0 radical (unpaired) electrons. The number of carbonyl (C=O) groups is 3. The number of hydrogen-bond acceptors (Lipinski definition) is 6. The van der Waals surface area contributed by atoms with Gasteiger partial charge in [-0.05, 0) is 51.1 Å². The number of rotatable bonds is 7. The molecule has 30 heavy (non-hydrogen) atoms. The molecule has 156 valence electrons. The quantitative estimate of drug-likeness (QED) is 0.402. The molecule has 3 aromatic rings. The highest BCUT2D eigenvalue weighted by molar-refractivity contribution is 9.10. The standard InChI is InChI=1S/C21H20BrN3O4S/c1-12-11-30-21(24-12)25-13(2)8-17(14(25)3)18(26)10-29-19(27)9-23-20(28)15-4-6-16(22)7-5-15/h4-8,11H,9-10H2,1-3H3,(H,23,28). The van der Waals surface area contributed by atoms with Gasteiger partial charge in [-0.3, -0.25) is 19.0 Å². The number of nitrogens with zero attached hydrogens (tertiary/aromatic N) is 2. The van der Waals surface area contributed by atoms with Gasteiger partial charge < -0.3 is 10.1 Å². The number of amides is 1. The topological polar surface area (TPSA) is 90.3 Å². The summed E-state index contributed by atoms with van der Waals surface area (Å²) in [6.45, 7) is 4.92. The second-order valence-electron chi connectivity index (χ2n) is 6.67. The smallest absolute Gasteiger partial charge is 0.325 e. The summed E-state index contributed by atoms with van der Waals surface area (Å²) in [5.74, 6) is -1.39. The third kappa shape index (κ3) is 5.03. The molecule has 2 heterocycles. The first-order valence-corrected chi connectivity index (χ1v) is 10.8. The van der Waals surface area contributed by atoms with E-state index < -0.39 is 18.5 Å². The van der Waals surface area contributed by atoms with Crippen molar-refractivity contribution in [2.45, 2.75) is 20.8 Å². The van der Waals surface area contributed by atoms with Crippen molar-refractivity contribution in [1.82, 2.24) is 14.9 Å². The third-order valence-corrected chi connectivity index (χ3v) is 5.87. The molecule has 0 fully saturated rings. The van der Waals surface area contributed by atoms with E-state index in [9.17, 15) is 14.4 Å². The van der Waals surface area contributed by atoms with Crippen LogP contribution in [0.2, 0.25) is 0 Å². The van der Waals surface area contributed by atoms with E-state index in [2.05, 4.69) is 26.2 Å². The van der Waals surface area contributed by atoms with E-state index in [0.29, 0.717) is 11.1 Å². The normalized spacial score (nSPS) is 10.7. The lowest BCUT2D eigenvalue weighted by Crippen LogP contribution is -2.31. The van der Waals surface area contributed by atoms with Crippen LogP contribution in [0.3, 0.4) is 0 Å². The fraction of sp³-hybridized carbons (Fsp3) is 0.238. The second-order valence-corrected chi connectivity index (χ2v) is 8.42. The number of halogens is 1. The van der Waals surface area contributed by atoms with Gasteiger partial charge in [-0.25, -0.2) is 4.98 Å². The number of hydrogen-bond donors (Lipinski definition) is 1. The molecule has 1 aromatic carbocycles. The molecular weight excluding hydrogens is 470 g/mol. The summed E-state index contributed by atoms with van der Waals surface area (Å²) in [6.07, 6.45) is 0. The molecule has 0 aliphatic carbocycles. The van der Waals surface area contributed by atoms with Crippen LogP contribution >= 0.6 is 27.3 Å². The predicted molar refractivity (Wildman–Crippen MR) is 117 cm³/mol. The first-order valence-electron chi connectivity index (χ1n) is 9.10. The number of ether oxygens (including phenoxy) is 1. The summed E-state index contributed by atoms with van der Waals surface area (Å²) in [6, 6.07) is 8.49. The van der Waals surface area contributed by atoms with Crippen LogP contribution in [-0.2, 0) is 9.53 Å². The van der Waals surface area contributed by atoms with Crippen LogP contribution in [0.15, 0.2) is 40.2 Å². The van der Waals surface area contributed by atoms with Crippen LogP contribution in [0.1, 0.15) is 37.8 Å². The summed E-state index contributed by atoms with van der Waals surface area (Å²) in [4.78, 5) is 41.0. The van der Waals surface area contributed by atoms with Crippen molar-refractivity contribution in [2.24, 2.45) is 0 Å². The summed E-state index contributed by atoms with van der Waals surface area (Å²) < 4.78 is 7.80. The molecule has 0 aliphatic heterocycles. The number of benzene rings is 1. The number of aryl methyl sites for hydroxylation is 2. The van der Waals surface area contributed by atoms with E-state index in [-0.39, 0.29) is 12.3 Å². The van der Waals surface area contributed by atoms with Crippen molar-refractivity contribution in [1.29, 1.82) is 0 Å². The maximum absolute atomic E-state index is 12.6. The Morgan fingerprint density at radius 3 is 2.50 bits per heavy atom. The Hall–Kier alpha value is -2.78. The molecule has 0 aliphatic rings. The first-order chi connectivity index (χ1) is 14.3. The number of esters is 1. The highest BCUT2D eigenvalue weighted by Gasteiger charge is 2.19. The van der Waals surface area contributed by atoms with E-state index in [1.54, 1.807) is 30.3 Å². The second kappa shape index (κ2) is 9.36. The monoisotopic (exact) mass is 489 g/mol. The Bertz CT molecular complexity index is 1100. The molecule has 0 atom stereocenters. The number of ketones is 1. The van der Waals surface area contributed by atoms with Crippen LogP contribution in [0.25, 0.3) is 5.13 Å². The molecule has 0 spiro atoms. The lowest BCUT2D eigenvalue weighted by atomic mass is 10.1. The number of Topliss-reactive ketones (excluding diaryl/α,β-unsaturated/α-hetero) is 1. The fourth-order valence-electron chi connectivity index (χ4n) is 2.91. The van der Waals surface area contributed by atoms with Gasteiger partial charge in [0.25, 0.3) is 5.91 Å². The van der Waals surface area contributed by atoms with Crippen LogP contribution in [0, 0.1) is 20.8 Å². The van der Waals surface area contributed by atoms with Crippen molar-refractivity contribution >= 4 is 44.9 Å². The maximum atomic E-state index is 12.6. The molecule has 9 heteroatoms. The predicted octanol–water partition coefficient (Wildman–Crippen LogP) is 3.78. The zero-order valence-electron chi connectivity index (χ0n) is 16.7. The van der Waals surface area contributed by atoms with Crippen molar-refractivity contribution in [3.8, 4) is 5.13 Å². The highest BCUT2D eigenvalue weighted by Crippen LogP contribution is 2.23. The van der Waals surface area contributed by atoms with E-state index in [4.69, 9.17) is 4.74 Å². The Balaban J connectivity index is 1.56. The van der Waals surface area contributed by atoms with Crippen LogP contribution in [-0.4, -0.2) is 40.4 Å². The molecular formula is C21H20BrN3O4S. The van der Waals surface area contributed by atoms with Gasteiger partial charge in [0.1, 0.15) is 6.54 Å². The lowest BCUT2D eigenvalue weighted by molar-refractivity contribution is -0.141. The summed E-state index contributed by atoms with van der Waals surface area (Å²) in [7, 11) is 0. The van der Waals surface area contributed by atoms with Crippen LogP contribution in [0.5, 0.6) is 0 Å². The molecule has 1 amide bonds. The molecule has 2 aromatic heterocycles. The van der Waals surface area contributed by atoms with Gasteiger partial charge in [-0.2, -0.15) is 0 Å². The van der Waals surface area contributed by atoms with Gasteiger partial charge in [-0.15, -0.1) is 11.3 Å². The van der Waals surface area contributed by atoms with E-state index >= 15 is 0 Å². The molecule has 0 saturated heterocycles. The minimum atomic E-state index is -0.682. The SMILES string of the molecule is Cc1csc(-n2c(C)cc(C(=O)COC(=O)CNC(=O)c3ccc(Br)cc3)c2C)n1. The van der Waals surface area contributed by atoms with Gasteiger partial charge in [0.2, 0.25) is 5.78 Å². The molecule has 0 saturated carbocycles. The minimum absolute atomic E-state index is 0.310. The number of carbonyl (C=O) groups excluding carboxylic acids is 3. The lowest BCUT2D eigenvalue weighted by Gasteiger charge is -2.07. The molecule has 0 bridgehead atoms. The Morgan fingerprint density at radius 2 is 1.87 bits per heavy atom. The number of thiazole rings is 1. The summed E-state index contributed by atoms with van der Waals surface area (Å²) in [5, 5.41) is 5.21. The van der Waals surface area contributed by atoms with E-state index in [0.717, 1.165) is 26.7 Å². The van der Waals surface area contributed by atoms with Crippen molar-refractivity contribution < 1.29 is 19.1 Å². The van der Waals surface area contributed by atoms with Gasteiger partial charge in [0.05, 0.1) is 5.69 Å². The Kier molecular flexibility index (Phi) is 6.84. The van der Waals surface area contributed by atoms with Gasteiger partial charge in [-0.1, -0.05) is 15.9 Å². The molecule has 3 rings (SSSR count). The van der Waals surface area contributed by atoms with E-state index in [1.807, 2.05) is 30.7 Å². The molecule has 1 N–H and O–H groups in total. The van der Waals surface area contributed by atoms with Crippen LogP contribution in [0.4, 0.5) is 0 Å². The fourth-order valence-corrected chi connectivity index (χ4v) is 4.09. The maximum Gasteiger partial charge on any atom is 0.325 e. The zero-order chi connectivity index (χ0) is 21.8. The van der Waals surface area contributed by atoms with Gasteiger partial charge >= 0.3 is 5.97 Å². The van der Waals surface area contributed by atoms with Crippen molar-refractivity contribution in [2.75, 3.05) is 13.2 Å². The van der Waals surface area contributed by atoms with Gasteiger partial charge in [0, 0.05) is 32.4 Å². The molecule has 7 nitrogen and oxygen atoms in total.